The molecule has 5 nitrogen and oxygen atoms in total. The molecule has 0 aliphatic heterocycles. The minimum absolute atomic E-state index is 0.299. The minimum atomic E-state index is -0.431. The van der Waals surface area contributed by atoms with E-state index in [9.17, 15) is 4.79 Å². The maximum Gasteiger partial charge on any atom is 0.328 e. The molecule has 0 spiro atoms. The molecule has 1 unspecified atom stereocenters. The molecular weight excluding hydrogens is 208 g/mol. The Balaban J connectivity index is 2.61. The van der Waals surface area contributed by atoms with E-state index >= 15 is 0 Å². The number of anilines is 1. The van der Waals surface area contributed by atoms with E-state index < -0.39 is 6.04 Å². The molecule has 1 atom stereocenters. The van der Waals surface area contributed by atoms with E-state index in [0.717, 1.165) is 0 Å². The Hall–Kier alpha value is -1.78. The fourth-order valence-corrected chi connectivity index (χ4v) is 1.16. The molecule has 0 saturated heterocycles. The second-order valence-electron chi connectivity index (χ2n) is 3.18. The van der Waals surface area contributed by atoms with Crippen LogP contribution in [0.25, 0.3) is 0 Å². The molecule has 1 aromatic rings. The number of methoxy groups -OCH3 is 1. The Bertz CT molecular complexity index is 355. The highest BCUT2D eigenvalue weighted by molar-refractivity contribution is 5.78. The summed E-state index contributed by atoms with van der Waals surface area (Å²) >= 11 is 0. The summed E-state index contributed by atoms with van der Waals surface area (Å²) in [5.41, 5.74) is 0. The molecule has 0 aliphatic rings. The quantitative estimate of drug-likeness (QED) is 0.767. The second-order valence-corrected chi connectivity index (χ2v) is 3.18. The van der Waals surface area contributed by atoms with Gasteiger partial charge in [-0.2, -0.15) is 4.98 Å². The zero-order chi connectivity index (χ0) is 12.0. The van der Waals surface area contributed by atoms with Crippen molar-refractivity contribution in [3.05, 3.63) is 18.2 Å². The van der Waals surface area contributed by atoms with Gasteiger partial charge in [-0.25, -0.2) is 4.79 Å². The van der Waals surface area contributed by atoms with Crippen LogP contribution in [-0.4, -0.2) is 30.7 Å². The average Bonchev–Trinajstić information content (AvgIpc) is 2.29. The fourth-order valence-electron chi connectivity index (χ4n) is 1.16. The molecule has 16 heavy (non-hydrogen) atoms. The first-order valence-electron chi connectivity index (χ1n) is 5.11. The number of carbonyl (C=O) groups excluding carboxylic acids is 1. The Morgan fingerprint density at radius 1 is 1.56 bits per heavy atom. The van der Waals surface area contributed by atoms with E-state index in [0.29, 0.717) is 18.3 Å². The molecule has 0 saturated carbocycles. The van der Waals surface area contributed by atoms with Crippen LogP contribution in [0.1, 0.15) is 13.8 Å². The van der Waals surface area contributed by atoms with E-state index in [1.807, 2.05) is 0 Å². The van der Waals surface area contributed by atoms with Gasteiger partial charge in [0.1, 0.15) is 11.9 Å². The summed E-state index contributed by atoms with van der Waals surface area (Å²) in [7, 11) is 1.54. The minimum Gasteiger partial charge on any atom is -0.481 e. The number of rotatable bonds is 5. The average molecular weight is 224 g/mol. The number of aromatic nitrogens is 1. The van der Waals surface area contributed by atoms with Crippen molar-refractivity contribution >= 4 is 11.8 Å². The molecule has 0 amide bonds. The normalized spacial score (nSPS) is 11.7. The van der Waals surface area contributed by atoms with Gasteiger partial charge in [0.15, 0.2) is 0 Å². The zero-order valence-corrected chi connectivity index (χ0v) is 9.69. The first-order chi connectivity index (χ1) is 7.67. The lowest BCUT2D eigenvalue weighted by Gasteiger charge is -2.13. The number of ether oxygens (including phenoxy) is 2. The highest BCUT2D eigenvalue weighted by atomic mass is 16.5. The van der Waals surface area contributed by atoms with Gasteiger partial charge in [0.2, 0.25) is 5.88 Å². The summed E-state index contributed by atoms with van der Waals surface area (Å²) in [5.74, 6) is 0.785. The van der Waals surface area contributed by atoms with Gasteiger partial charge in [0.05, 0.1) is 13.7 Å². The van der Waals surface area contributed by atoms with Gasteiger partial charge in [-0.05, 0) is 19.9 Å². The first-order valence-corrected chi connectivity index (χ1v) is 5.11. The van der Waals surface area contributed by atoms with Crippen LogP contribution in [0.15, 0.2) is 18.2 Å². The molecule has 1 heterocycles. The Labute approximate surface area is 94.8 Å². The van der Waals surface area contributed by atoms with E-state index in [1.165, 1.54) is 0 Å². The lowest BCUT2D eigenvalue weighted by atomic mass is 10.3. The van der Waals surface area contributed by atoms with Crippen LogP contribution in [0.5, 0.6) is 5.88 Å². The van der Waals surface area contributed by atoms with Crippen LogP contribution in [-0.2, 0) is 9.53 Å². The first kappa shape index (κ1) is 12.3. The van der Waals surface area contributed by atoms with Crippen molar-refractivity contribution in [2.24, 2.45) is 0 Å². The molecule has 1 N–H and O–H groups in total. The molecule has 0 bridgehead atoms. The highest BCUT2D eigenvalue weighted by Gasteiger charge is 2.13. The monoisotopic (exact) mass is 224 g/mol. The summed E-state index contributed by atoms with van der Waals surface area (Å²) in [5, 5.41) is 2.94. The van der Waals surface area contributed by atoms with Gasteiger partial charge in [0, 0.05) is 6.07 Å². The summed E-state index contributed by atoms with van der Waals surface area (Å²) in [6, 6.07) is 4.87. The number of esters is 1. The Morgan fingerprint density at radius 3 is 2.94 bits per heavy atom. The molecule has 5 heteroatoms. The van der Waals surface area contributed by atoms with Crippen LogP contribution in [0.2, 0.25) is 0 Å². The number of pyridine rings is 1. The Kier molecular flexibility index (Phi) is 4.57. The van der Waals surface area contributed by atoms with Crippen molar-refractivity contribution in [3.63, 3.8) is 0 Å². The number of nitrogens with zero attached hydrogens (tertiary/aromatic N) is 1. The predicted molar refractivity (Wildman–Crippen MR) is 60.5 cm³/mol. The molecule has 1 rings (SSSR count). The molecular formula is C11H16N2O3. The van der Waals surface area contributed by atoms with Crippen molar-refractivity contribution in [1.29, 1.82) is 0 Å². The third kappa shape index (κ3) is 3.42. The topological polar surface area (TPSA) is 60.5 Å². The van der Waals surface area contributed by atoms with Crippen molar-refractivity contribution in [1.82, 2.24) is 4.98 Å². The summed E-state index contributed by atoms with van der Waals surface area (Å²) < 4.78 is 9.85. The Morgan fingerprint density at radius 2 is 2.31 bits per heavy atom. The van der Waals surface area contributed by atoms with Gasteiger partial charge in [-0.3, -0.25) is 0 Å². The number of hydrogen-bond acceptors (Lipinski definition) is 5. The van der Waals surface area contributed by atoms with E-state index in [1.54, 1.807) is 39.2 Å². The molecule has 0 aliphatic carbocycles. The van der Waals surface area contributed by atoms with Crippen molar-refractivity contribution in [2.45, 2.75) is 19.9 Å². The van der Waals surface area contributed by atoms with Gasteiger partial charge in [-0.1, -0.05) is 6.07 Å². The molecule has 0 fully saturated rings. The van der Waals surface area contributed by atoms with Gasteiger partial charge in [-0.15, -0.1) is 0 Å². The summed E-state index contributed by atoms with van der Waals surface area (Å²) in [6.45, 7) is 3.87. The van der Waals surface area contributed by atoms with E-state index in [4.69, 9.17) is 9.47 Å². The maximum absolute atomic E-state index is 11.4. The third-order valence-corrected chi connectivity index (χ3v) is 1.94. The standard InChI is InChI=1S/C11H16N2O3/c1-4-16-11(14)8(2)12-9-6-5-7-10(13-9)15-3/h5-8H,4H2,1-3H3,(H,12,13). The van der Waals surface area contributed by atoms with Crippen LogP contribution in [0.3, 0.4) is 0 Å². The van der Waals surface area contributed by atoms with Gasteiger partial charge in [0.25, 0.3) is 0 Å². The number of nitrogens with one attached hydrogen (secondary N) is 1. The smallest absolute Gasteiger partial charge is 0.328 e. The largest absolute Gasteiger partial charge is 0.481 e. The lowest BCUT2D eigenvalue weighted by Crippen LogP contribution is -2.28. The SMILES string of the molecule is CCOC(=O)C(C)Nc1cccc(OC)n1. The molecule has 0 radical (unpaired) electrons. The number of carbonyl (C=O) groups is 1. The van der Waals surface area contributed by atoms with Crippen LogP contribution in [0, 0.1) is 0 Å². The highest BCUT2D eigenvalue weighted by Crippen LogP contribution is 2.11. The van der Waals surface area contributed by atoms with Crippen LogP contribution in [0.4, 0.5) is 5.82 Å². The van der Waals surface area contributed by atoms with Crippen molar-refractivity contribution < 1.29 is 14.3 Å². The van der Waals surface area contributed by atoms with Gasteiger partial charge < -0.3 is 14.8 Å². The van der Waals surface area contributed by atoms with E-state index in [2.05, 4.69) is 10.3 Å². The predicted octanol–water partition coefficient (Wildman–Crippen LogP) is 1.45. The molecule has 88 valence electrons. The summed E-state index contributed by atoms with van der Waals surface area (Å²) in [4.78, 5) is 15.5. The van der Waals surface area contributed by atoms with Crippen molar-refractivity contribution in [2.75, 3.05) is 19.0 Å². The lowest BCUT2D eigenvalue weighted by molar-refractivity contribution is -0.143. The van der Waals surface area contributed by atoms with E-state index in [-0.39, 0.29) is 5.97 Å². The second kappa shape index (κ2) is 5.95. The number of hydrogen-bond donors (Lipinski definition) is 1. The van der Waals surface area contributed by atoms with Crippen LogP contribution >= 0.6 is 0 Å². The third-order valence-electron chi connectivity index (χ3n) is 1.94. The summed E-state index contributed by atoms with van der Waals surface area (Å²) in [6.07, 6.45) is 0. The molecule has 0 aromatic carbocycles. The maximum atomic E-state index is 11.4. The fraction of sp³-hybridized carbons (Fsp3) is 0.455. The molecule has 1 aromatic heterocycles. The zero-order valence-electron chi connectivity index (χ0n) is 9.69. The van der Waals surface area contributed by atoms with Gasteiger partial charge >= 0.3 is 5.97 Å². The van der Waals surface area contributed by atoms with Crippen molar-refractivity contribution in [3.8, 4) is 5.88 Å². The van der Waals surface area contributed by atoms with Crippen LogP contribution < -0.4 is 10.1 Å².